The minimum Gasteiger partial charge on any atom is -1.00 e. The van der Waals surface area contributed by atoms with E-state index in [1.54, 1.807) is 0 Å². The first kappa shape index (κ1) is 79.8. The van der Waals surface area contributed by atoms with Crippen LogP contribution >= 0.6 is 37.2 Å². The Balaban J connectivity index is 0. The van der Waals surface area contributed by atoms with Gasteiger partial charge in [-0.2, -0.15) is 0 Å². The molecule has 0 saturated heterocycles. The zero-order valence-corrected chi connectivity index (χ0v) is 6.67. The van der Waals surface area contributed by atoms with Crippen molar-refractivity contribution in [2.75, 3.05) is 0 Å². The van der Waals surface area contributed by atoms with Crippen LogP contribution in [0.5, 0.6) is 0 Å². The predicted molar refractivity (Wildman–Crippen MR) is 39.5 cm³/mol. The summed E-state index contributed by atoms with van der Waals surface area (Å²) in [5.41, 5.74) is 0. The van der Waals surface area contributed by atoms with Crippen LogP contribution in [0.15, 0.2) is 0 Å². The molecule has 0 aliphatic carbocycles. The third kappa shape index (κ3) is 32.4. The molecule has 0 fully saturated rings. The van der Waals surface area contributed by atoms with Gasteiger partial charge in [0.15, 0.2) is 17.4 Å². The summed E-state index contributed by atoms with van der Waals surface area (Å²) < 4.78 is 0. The summed E-state index contributed by atoms with van der Waals surface area (Å²) >= 11 is 0. The molecule has 0 aromatic rings. The normalized spacial score (nSPS) is 0. The molecule has 0 unspecified atom stereocenters. The smallest absolute Gasteiger partial charge is 1.00 e. The van der Waals surface area contributed by atoms with Gasteiger partial charge >= 0.3 is 29.6 Å². The molecule has 0 heterocycles. The van der Waals surface area contributed by atoms with E-state index < -0.39 is 0 Å². The van der Waals surface area contributed by atoms with Crippen molar-refractivity contribution in [3.63, 3.8) is 0 Å². The van der Waals surface area contributed by atoms with Crippen LogP contribution in [0.25, 0.3) is 0 Å². The summed E-state index contributed by atoms with van der Waals surface area (Å²) in [4.78, 5) is 0. The Hall–Kier alpha value is 2.40. The van der Waals surface area contributed by atoms with Gasteiger partial charge in [0.05, 0.1) is 0 Å². The first-order chi connectivity index (χ1) is 0. The van der Waals surface area contributed by atoms with Gasteiger partial charge in [-0.25, -0.2) is 0 Å². The van der Waals surface area contributed by atoms with E-state index in [1.165, 1.54) is 0 Å². The molecule has 0 aromatic heterocycles. The third-order valence-corrected chi connectivity index (χ3v) is 0. The van der Waals surface area contributed by atoms with E-state index in [-0.39, 0.29) is 93.0 Å². The van der Waals surface area contributed by atoms with Gasteiger partial charge in [0.1, 0.15) is 0 Å². The van der Waals surface area contributed by atoms with E-state index in [1.807, 2.05) is 0 Å². The van der Waals surface area contributed by atoms with Crippen molar-refractivity contribution >= 4 is 54.6 Å². The van der Waals surface area contributed by atoms with Crippen LogP contribution in [0.2, 0.25) is 0 Å². The molecule has 0 rings (SSSR count). The fourth-order valence-corrected chi connectivity index (χ4v) is 0. The van der Waals surface area contributed by atoms with Gasteiger partial charge in [0.25, 0.3) is 0 Å². The molecule has 6 heavy (non-hydrogen) atoms. The van der Waals surface area contributed by atoms with Gasteiger partial charge < -0.3 is 1.43 Å². The van der Waals surface area contributed by atoms with E-state index >= 15 is 0 Å². The standard InChI is InChI=1S/CH4.Al.3ClH.Na.4H/h1H4;;3*1H;;;;;/q;;;;;+1;;;;-1. The van der Waals surface area contributed by atoms with Gasteiger partial charge in [-0.1, -0.05) is 7.43 Å². The molecule has 0 atom stereocenters. The van der Waals surface area contributed by atoms with Gasteiger partial charge in [0.2, 0.25) is 0 Å². The Morgan fingerprint density at radius 1 is 0.833 bits per heavy atom. The van der Waals surface area contributed by atoms with Crippen LogP contribution in [0.1, 0.15) is 8.85 Å². The maximum atomic E-state index is 0. The molecule has 0 nitrogen and oxygen atoms in total. The van der Waals surface area contributed by atoms with Crippen LogP contribution in [-0.4, -0.2) is 17.4 Å². The monoisotopic (exact) mass is 178 g/mol. The molecule has 0 aliphatic rings. The Morgan fingerprint density at radius 3 is 0.833 bits per heavy atom. The fourth-order valence-electron chi connectivity index (χ4n) is 0. The summed E-state index contributed by atoms with van der Waals surface area (Å²) in [6.45, 7) is 0. The molecule has 40 valence electrons. The number of hydrogen-bond acceptors (Lipinski definition) is 0. The molecular weight excluding hydrogens is 168 g/mol. The van der Waals surface area contributed by atoms with Crippen LogP contribution in [0, 0.1) is 0 Å². The van der Waals surface area contributed by atoms with E-state index in [0.29, 0.717) is 0 Å². The van der Waals surface area contributed by atoms with Crippen molar-refractivity contribution in [2.24, 2.45) is 0 Å². The van der Waals surface area contributed by atoms with E-state index in [9.17, 15) is 0 Å². The number of rotatable bonds is 0. The largest absolute Gasteiger partial charge is 1.00 e. The summed E-state index contributed by atoms with van der Waals surface area (Å²) in [5.74, 6) is 0. The zero-order chi connectivity index (χ0) is 0. The van der Waals surface area contributed by atoms with Crippen molar-refractivity contribution in [2.45, 2.75) is 7.43 Å². The summed E-state index contributed by atoms with van der Waals surface area (Å²) in [7, 11) is 0. The summed E-state index contributed by atoms with van der Waals surface area (Å²) in [6.07, 6.45) is 0. The van der Waals surface area contributed by atoms with Gasteiger partial charge in [-0.3, -0.25) is 0 Å². The second kappa shape index (κ2) is 52.6. The number of hydrogen-bond donors (Lipinski definition) is 0. The van der Waals surface area contributed by atoms with Crippen LogP contribution < -0.4 is 29.6 Å². The maximum Gasteiger partial charge on any atom is 1.00 e. The molecule has 0 N–H and O–H groups in total. The molecule has 0 radical (unpaired) electrons. The summed E-state index contributed by atoms with van der Waals surface area (Å²) in [5, 5.41) is 0. The SMILES string of the molecule is C.Cl.Cl.Cl.[AlH3].[H-].[Na+]. The molecule has 5 heteroatoms. The third-order valence-electron chi connectivity index (χ3n) is 0. The van der Waals surface area contributed by atoms with E-state index in [0.717, 1.165) is 0 Å². The Bertz CT molecular complexity index is 14.9. The first-order valence-electron chi connectivity index (χ1n) is 0. The molecule has 0 aromatic carbocycles. The Kier molecular flexibility index (Phi) is 699. The minimum atomic E-state index is 0. The van der Waals surface area contributed by atoms with Gasteiger partial charge in [-0.15, -0.1) is 37.2 Å². The fraction of sp³-hybridized carbons (Fsp3) is 1.00. The van der Waals surface area contributed by atoms with Gasteiger partial charge in [0, 0.05) is 0 Å². The average molecular weight is 179 g/mol. The minimum absolute atomic E-state index is 0. The van der Waals surface area contributed by atoms with Crippen LogP contribution in [-0.2, 0) is 0 Å². The molecule has 0 amide bonds. The van der Waals surface area contributed by atoms with Crippen molar-refractivity contribution in [1.29, 1.82) is 0 Å². The van der Waals surface area contributed by atoms with Crippen LogP contribution in [0.3, 0.4) is 0 Å². The predicted octanol–water partition coefficient (Wildman–Crippen LogP) is -2.17. The van der Waals surface area contributed by atoms with E-state index in [2.05, 4.69) is 0 Å². The Labute approximate surface area is 92.0 Å². The topological polar surface area (TPSA) is 0 Å². The van der Waals surface area contributed by atoms with E-state index in [4.69, 9.17) is 0 Å². The molecule has 0 spiro atoms. The quantitative estimate of drug-likeness (QED) is 0.372. The molecule has 0 aliphatic heterocycles. The van der Waals surface area contributed by atoms with Crippen molar-refractivity contribution < 1.29 is 31.0 Å². The Morgan fingerprint density at radius 2 is 0.833 bits per heavy atom. The van der Waals surface area contributed by atoms with Crippen LogP contribution in [0.4, 0.5) is 0 Å². The second-order valence-electron chi connectivity index (χ2n) is 0. The molecule has 0 saturated carbocycles. The summed E-state index contributed by atoms with van der Waals surface area (Å²) in [6, 6.07) is 0. The average Bonchev–Trinajstić information content (AvgIpc) is 0. The van der Waals surface area contributed by atoms with Gasteiger partial charge in [-0.05, 0) is 0 Å². The second-order valence-corrected chi connectivity index (χ2v) is 0. The zero-order valence-electron chi connectivity index (χ0n) is 3.22. The molecule has 0 bridgehead atoms. The van der Waals surface area contributed by atoms with Crippen molar-refractivity contribution in [3.8, 4) is 0 Å². The van der Waals surface area contributed by atoms with Crippen molar-refractivity contribution in [3.05, 3.63) is 0 Å². The maximum absolute atomic E-state index is 0. The first-order valence-corrected chi connectivity index (χ1v) is 0. The molecular formula is CH11AlCl3Na. The van der Waals surface area contributed by atoms with Crippen molar-refractivity contribution in [1.82, 2.24) is 0 Å². The number of halogens is 3.